The summed E-state index contributed by atoms with van der Waals surface area (Å²) in [6, 6.07) is 3.18. The van der Waals surface area contributed by atoms with E-state index in [1.165, 1.54) is 25.9 Å². The summed E-state index contributed by atoms with van der Waals surface area (Å²) < 4.78 is 2.08. The van der Waals surface area contributed by atoms with Crippen LogP contribution >= 0.6 is 0 Å². The molecule has 1 aromatic rings. The Bertz CT molecular complexity index is 369. The van der Waals surface area contributed by atoms with Gasteiger partial charge in [-0.05, 0) is 37.9 Å². The van der Waals surface area contributed by atoms with Crippen LogP contribution < -0.4 is 0 Å². The van der Waals surface area contributed by atoms with Crippen LogP contribution in [-0.2, 0) is 0 Å². The maximum atomic E-state index is 4.35. The van der Waals surface area contributed by atoms with Crippen molar-refractivity contribution in [2.24, 2.45) is 5.92 Å². The molecule has 1 aliphatic carbocycles. The third-order valence-electron chi connectivity index (χ3n) is 4.04. The van der Waals surface area contributed by atoms with E-state index in [-0.39, 0.29) is 0 Å². The van der Waals surface area contributed by atoms with E-state index in [0.717, 1.165) is 5.92 Å². The van der Waals surface area contributed by atoms with Crippen LogP contribution in [0.15, 0.2) is 30.6 Å². The molecule has 2 heterocycles. The molecule has 1 aliphatic heterocycles. The van der Waals surface area contributed by atoms with Crippen LogP contribution in [0.2, 0.25) is 0 Å². The SMILES string of the molecule is CCN1CC[C@@H]2C[C@H](n3cccn3)C=C[C@H]21. The van der Waals surface area contributed by atoms with E-state index in [4.69, 9.17) is 0 Å². The number of hydrogen-bond donors (Lipinski definition) is 0. The summed E-state index contributed by atoms with van der Waals surface area (Å²) in [5.41, 5.74) is 0. The maximum Gasteiger partial charge on any atom is 0.0703 e. The summed E-state index contributed by atoms with van der Waals surface area (Å²) in [6.07, 6.45) is 11.3. The second kappa shape index (κ2) is 4.06. The van der Waals surface area contributed by atoms with Gasteiger partial charge < -0.3 is 0 Å². The van der Waals surface area contributed by atoms with Gasteiger partial charge in [0.25, 0.3) is 0 Å². The lowest BCUT2D eigenvalue weighted by Gasteiger charge is -2.30. The molecule has 0 amide bonds. The minimum Gasteiger partial charge on any atom is -0.297 e. The van der Waals surface area contributed by atoms with Gasteiger partial charge in [-0.2, -0.15) is 5.10 Å². The van der Waals surface area contributed by atoms with Gasteiger partial charge in [0.05, 0.1) is 6.04 Å². The van der Waals surface area contributed by atoms with Gasteiger partial charge in [-0.25, -0.2) is 0 Å². The molecule has 3 heteroatoms. The van der Waals surface area contributed by atoms with Crippen molar-refractivity contribution in [1.82, 2.24) is 14.7 Å². The second-order valence-electron chi connectivity index (χ2n) is 4.84. The Morgan fingerprint density at radius 2 is 2.31 bits per heavy atom. The normalized spacial score (nSPS) is 34.2. The summed E-state index contributed by atoms with van der Waals surface area (Å²) in [5.74, 6) is 0.833. The topological polar surface area (TPSA) is 21.1 Å². The first-order chi connectivity index (χ1) is 7.88. The van der Waals surface area contributed by atoms with Crippen LogP contribution in [-0.4, -0.2) is 33.8 Å². The van der Waals surface area contributed by atoms with Gasteiger partial charge in [0, 0.05) is 18.4 Å². The number of fused-ring (bicyclic) bond motifs is 1. The lowest BCUT2D eigenvalue weighted by molar-refractivity contribution is 0.251. The van der Waals surface area contributed by atoms with E-state index in [1.807, 2.05) is 12.3 Å². The fourth-order valence-corrected chi connectivity index (χ4v) is 3.16. The van der Waals surface area contributed by atoms with Crippen LogP contribution in [0.4, 0.5) is 0 Å². The van der Waals surface area contributed by atoms with Gasteiger partial charge >= 0.3 is 0 Å². The van der Waals surface area contributed by atoms with E-state index in [0.29, 0.717) is 12.1 Å². The number of likely N-dealkylation sites (tertiary alicyclic amines) is 1. The monoisotopic (exact) mass is 217 g/mol. The number of aromatic nitrogens is 2. The Hall–Kier alpha value is -1.09. The minimum atomic E-state index is 0.480. The van der Waals surface area contributed by atoms with Gasteiger partial charge in [-0.15, -0.1) is 0 Å². The summed E-state index contributed by atoms with van der Waals surface area (Å²) >= 11 is 0. The van der Waals surface area contributed by atoms with Crippen molar-refractivity contribution >= 4 is 0 Å². The van der Waals surface area contributed by atoms with Gasteiger partial charge in [0.2, 0.25) is 0 Å². The number of hydrogen-bond acceptors (Lipinski definition) is 2. The Morgan fingerprint density at radius 3 is 3.06 bits per heavy atom. The summed E-state index contributed by atoms with van der Waals surface area (Å²) in [7, 11) is 0. The van der Waals surface area contributed by atoms with E-state index < -0.39 is 0 Å². The first kappa shape index (κ1) is 10.1. The van der Waals surface area contributed by atoms with Crippen LogP contribution in [0.5, 0.6) is 0 Å². The summed E-state index contributed by atoms with van der Waals surface area (Å²) in [6.45, 7) is 4.70. The molecule has 0 N–H and O–H groups in total. The molecular weight excluding hydrogens is 198 g/mol. The van der Waals surface area contributed by atoms with Gasteiger partial charge in [0.15, 0.2) is 0 Å². The zero-order valence-electron chi connectivity index (χ0n) is 9.79. The third-order valence-corrected chi connectivity index (χ3v) is 4.04. The number of likely N-dealkylation sites (N-methyl/N-ethyl adjacent to an activating group) is 1. The molecular formula is C13H19N3. The molecule has 86 valence electrons. The predicted octanol–water partition coefficient (Wildman–Crippen LogP) is 2.09. The summed E-state index contributed by atoms with van der Waals surface area (Å²) in [4.78, 5) is 2.58. The lowest BCUT2D eigenvalue weighted by Crippen LogP contribution is -2.34. The van der Waals surface area contributed by atoms with Crippen molar-refractivity contribution in [3.05, 3.63) is 30.6 Å². The molecule has 0 saturated carbocycles. The van der Waals surface area contributed by atoms with E-state index in [9.17, 15) is 0 Å². The van der Waals surface area contributed by atoms with Crippen LogP contribution in [0, 0.1) is 5.92 Å². The minimum absolute atomic E-state index is 0.480. The van der Waals surface area contributed by atoms with Gasteiger partial charge in [0.1, 0.15) is 0 Å². The Morgan fingerprint density at radius 1 is 1.38 bits per heavy atom. The van der Waals surface area contributed by atoms with E-state index in [1.54, 1.807) is 0 Å². The summed E-state index contributed by atoms with van der Waals surface area (Å²) in [5, 5.41) is 4.35. The Balaban J connectivity index is 1.78. The molecule has 1 fully saturated rings. The van der Waals surface area contributed by atoms with Crippen molar-refractivity contribution in [3.8, 4) is 0 Å². The molecule has 16 heavy (non-hydrogen) atoms. The molecule has 3 rings (SSSR count). The number of allylic oxidation sites excluding steroid dienone is 1. The van der Waals surface area contributed by atoms with Crippen molar-refractivity contribution in [2.75, 3.05) is 13.1 Å². The van der Waals surface area contributed by atoms with Crippen LogP contribution in [0.3, 0.4) is 0 Å². The van der Waals surface area contributed by atoms with Crippen LogP contribution in [0.1, 0.15) is 25.8 Å². The molecule has 1 aromatic heterocycles. The second-order valence-corrected chi connectivity index (χ2v) is 4.84. The molecule has 0 unspecified atom stereocenters. The van der Waals surface area contributed by atoms with Crippen molar-refractivity contribution in [1.29, 1.82) is 0 Å². The van der Waals surface area contributed by atoms with Crippen molar-refractivity contribution in [2.45, 2.75) is 31.8 Å². The van der Waals surface area contributed by atoms with Gasteiger partial charge in [-0.1, -0.05) is 19.1 Å². The van der Waals surface area contributed by atoms with E-state index in [2.05, 4.69) is 40.0 Å². The van der Waals surface area contributed by atoms with Crippen LogP contribution in [0.25, 0.3) is 0 Å². The molecule has 3 atom stereocenters. The fraction of sp³-hybridized carbons (Fsp3) is 0.615. The van der Waals surface area contributed by atoms with Gasteiger partial charge in [-0.3, -0.25) is 9.58 Å². The zero-order valence-corrected chi connectivity index (χ0v) is 9.79. The predicted molar refractivity (Wildman–Crippen MR) is 64.2 cm³/mol. The number of rotatable bonds is 2. The standard InChI is InChI=1S/C13H19N3/c1-2-15-9-6-11-10-12(4-5-13(11)15)16-8-3-7-14-16/h3-5,7-8,11-13H,2,6,9-10H2,1H3/t11-,12-,13-/m1/s1. The molecule has 3 nitrogen and oxygen atoms in total. The average molecular weight is 217 g/mol. The first-order valence-electron chi connectivity index (χ1n) is 6.30. The quantitative estimate of drug-likeness (QED) is 0.707. The average Bonchev–Trinajstić information content (AvgIpc) is 2.97. The van der Waals surface area contributed by atoms with Crippen molar-refractivity contribution < 1.29 is 0 Å². The smallest absolute Gasteiger partial charge is 0.0703 e. The highest BCUT2D eigenvalue weighted by molar-refractivity contribution is 5.10. The molecule has 1 saturated heterocycles. The third kappa shape index (κ3) is 1.59. The molecule has 0 radical (unpaired) electrons. The lowest BCUT2D eigenvalue weighted by atomic mass is 9.87. The Kier molecular flexibility index (Phi) is 2.56. The zero-order chi connectivity index (χ0) is 11.0. The molecule has 0 aromatic carbocycles. The fourth-order valence-electron chi connectivity index (χ4n) is 3.16. The highest BCUT2D eigenvalue weighted by Gasteiger charge is 2.35. The number of nitrogens with zero attached hydrogens (tertiary/aromatic N) is 3. The Labute approximate surface area is 96.7 Å². The highest BCUT2D eigenvalue weighted by Crippen LogP contribution is 2.36. The van der Waals surface area contributed by atoms with Crippen molar-refractivity contribution in [3.63, 3.8) is 0 Å². The molecule has 0 bridgehead atoms. The largest absolute Gasteiger partial charge is 0.297 e. The maximum absolute atomic E-state index is 4.35. The molecule has 0 spiro atoms. The van der Waals surface area contributed by atoms with E-state index >= 15 is 0 Å². The highest BCUT2D eigenvalue weighted by atomic mass is 15.3. The first-order valence-corrected chi connectivity index (χ1v) is 6.30. The molecule has 2 aliphatic rings.